The second-order valence-corrected chi connectivity index (χ2v) is 7.92. The number of amides is 1. The molecule has 2 unspecified atom stereocenters. The van der Waals surface area contributed by atoms with Crippen molar-refractivity contribution in [3.63, 3.8) is 0 Å². The summed E-state index contributed by atoms with van der Waals surface area (Å²) in [7, 11) is 0. The van der Waals surface area contributed by atoms with Crippen LogP contribution in [-0.2, 0) is 14.3 Å². The average molecular weight is 333 g/mol. The topological polar surface area (TPSA) is 82.4 Å². The van der Waals surface area contributed by atoms with Crippen LogP contribution in [0.4, 0.5) is 0 Å². The van der Waals surface area contributed by atoms with Crippen molar-refractivity contribution < 1.29 is 14.3 Å². The highest BCUT2D eigenvalue weighted by Gasteiger charge is 2.48. The summed E-state index contributed by atoms with van der Waals surface area (Å²) < 4.78 is 5.35. The summed E-state index contributed by atoms with van der Waals surface area (Å²) in [6, 6.07) is 1.97. The number of nitrogens with zero attached hydrogens (tertiary/aromatic N) is 2. The van der Waals surface area contributed by atoms with Crippen molar-refractivity contribution in [2.24, 2.45) is 11.8 Å². The molecule has 0 radical (unpaired) electrons. The van der Waals surface area contributed by atoms with Gasteiger partial charge in [-0.25, -0.2) is 0 Å². The molecule has 1 heterocycles. The molecule has 0 aromatic rings. The molecule has 1 aliphatic heterocycles. The normalized spacial score (nSPS) is 38.0. The van der Waals surface area contributed by atoms with Gasteiger partial charge in [-0.15, -0.1) is 0 Å². The largest absolute Gasteiger partial charge is 0.463 e. The van der Waals surface area contributed by atoms with Crippen molar-refractivity contribution in [1.29, 1.82) is 5.26 Å². The third kappa shape index (κ3) is 3.56. The van der Waals surface area contributed by atoms with Gasteiger partial charge in [0, 0.05) is 19.0 Å². The number of nitrogens with one attached hydrogen (secondary N) is 1. The molecule has 3 rings (SSSR count). The van der Waals surface area contributed by atoms with Gasteiger partial charge >= 0.3 is 5.97 Å². The monoisotopic (exact) mass is 333 g/mol. The van der Waals surface area contributed by atoms with Crippen LogP contribution in [0.3, 0.4) is 0 Å². The molecule has 1 amide bonds. The average Bonchev–Trinajstić information content (AvgIpc) is 3.17. The number of rotatable bonds is 4. The Morgan fingerprint density at radius 1 is 1.33 bits per heavy atom. The number of carbonyl (C=O) groups excluding carboxylic acids is 2. The SMILES string of the molecule is CC(=O)OC1C[C@@H]2CC(C)(NCC(=O)N3CCC[C@H]3C#N)C[C@@H]2C1. The van der Waals surface area contributed by atoms with Crippen LogP contribution in [0.2, 0.25) is 0 Å². The molecule has 1 saturated heterocycles. The lowest BCUT2D eigenvalue weighted by atomic mass is 9.95. The molecule has 24 heavy (non-hydrogen) atoms. The molecule has 3 aliphatic rings. The van der Waals surface area contributed by atoms with E-state index in [0.29, 0.717) is 24.9 Å². The van der Waals surface area contributed by atoms with Crippen molar-refractivity contribution in [2.45, 2.75) is 70.1 Å². The van der Waals surface area contributed by atoms with Crippen molar-refractivity contribution >= 4 is 11.9 Å². The van der Waals surface area contributed by atoms with E-state index in [1.165, 1.54) is 6.92 Å². The van der Waals surface area contributed by atoms with Gasteiger partial charge < -0.3 is 15.0 Å². The van der Waals surface area contributed by atoms with Gasteiger partial charge in [-0.1, -0.05) is 0 Å². The lowest BCUT2D eigenvalue weighted by Gasteiger charge is -2.29. The number of nitriles is 1. The van der Waals surface area contributed by atoms with Crippen LogP contribution in [0, 0.1) is 23.2 Å². The van der Waals surface area contributed by atoms with Gasteiger partial charge in [0.1, 0.15) is 12.1 Å². The predicted octanol–water partition coefficient (Wildman–Crippen LogP) is 1.60. The van der Waals surface area contributed by atoms with Crippen LogP contribution in [0.5, 0.6) is 0 Å². The van der Waals surface area contributed by atoms with Crippen LogP contribution in [0.25, 0.3) is 0 Å². The summed E-state index contributed by atoms with van der Waals surface area (Å²) in [6.45, 7) is 4.66. The van der Waals surface area contributed by atoms with E-state index in [1.54, 1.807) is 4.90 Å². The maximum Gasteiger partial charge on any atom is 0.302 e. The standard InChI is InChI=1S/C18H27N3O3/c1-12(22)24-16-6-13-8-18(2,9-14(13)7-16)20-11-17(23)21-5-3-4-15(21)10-19/h13-16,20H,3-9,11H2,1-2H3/t13-,14+,15-,16?,18?/m0/s1. The molecule has 0 bridgehead atoms. The van der Waals surface area contributed by atoms with Crippen LogP contribution < -0.4 is 5.32 Å². The Balaban J connectivity index is 1.48. The molecular weight excluding hydrogens is 306 g/mol. The zero-order chi connectivity index (χ0) is 17.3. The van der Waals surface area contributed by atoms with E-state index < -0.39 is 0 Å². The van der Waals surface area contributed by atoms with E-state index in [0.717, 1.165) is 38.5 Å². The molecule has 1 N–H and O–H groups in total. The molecule has 6 nitrogen and oxygen atoms in total. The summed E-state index contributed by atoms with van der Waals surface area (Å²) in [4.78, 5) is 25.2. The highest BCUT2D eigenvalue weighted by Crippen LogP contribution is 2.49. The van der Waals surface area contributed by atoms with E-state index in [2.05, 4.69) is 18.3 Å². The number of hydrogen-bond acceptors (Lipinski definition) is 5. The third-order valence-corrected chi connectivity index (χ3v) is 5.94. The first-order valence-corrected chi connectivity index (χ1v) is 9.01. The fourth-order valence-electron chi connectivity index (χ4n) is 4.96. The van der Waals surface area contributed by atoms with Crippen LogP contribution in [0.1, 0.15) is 52.4 Å². The zero-order valence-electron chi connectivity index (χ0n) is 14.6. The van der Waals surface area contributed by atoms with Crippen LogP contribution >= 0.6 is 0 Å². The van der Waals surface area contributed by atoms with Crippen LogP contribution in [0.15, 0.2) is 0 Å². The van der Waals surface area contributed by atoms with Crippen LogP contribution in [-0.4, -0.2) is 47.6 Å². The third-order valence-electron chi connectivity index (χ3n) is 5.94. The Labute approximate surface area is 143 Å². The van der Waals surface area contributed by atoms with Crippen molar-refractivity contribution in [1.82, 2.24) is 10.2 Å². The quantitative estimate of drug-likeness (QED) is 0.790. The van der Waals surface area contributed by atoms with Gasteiger partial charge in [0.05, 0.1) is 12.6 Å². The number of ether oxygens (including phenoxy) is 1. The Hall–Kier alpha value is -1.61. The number of esters is 1. The summed E-state index contributed by atoms with van der Waals surface area (Å²) in [5.74, 6) is 0.987. The fraction of sp³-hybridized carbons (Fsp3) is 0.833. The zero-order valence-corrected chi connectivity index (χ0v) is 14.6. The van der Waals surface area contributed by atoms with E-state index in [1.807, 2.05) is 0 Å². The first-order valence-electron chi connectivity index (χ1n) is 9.01. The molecular formula is C18H27N3O3. The number of fused-ring (bicyclic) bond motifs is 1. The lowest BCUT2D eigenvalue weighted by Crippen LogP contribution is -2.48. The Morgan fingerprint density at radius 2 is 2.00 bits per heavy atom. The molecule has 2 saturated carbocycles. The Morgan fingerprint density at radius 3 is 2.58 bits per heavy atom. The summed E-state index contributed by atoms with van der Waals surface area (Å²) in [6.07, 6.45) is 5.71. The minimum Gasteiger partial charge on any atom is -0.463 e. The molecule has 3 fully saturated rings. The summed E-state index contributed by atoms with van der Waals surface area (Å²) in [5.41, 5.74) is -0.0337. The fourth-order valence-corrected chi connectivity index (χ4v) is 4.96. The van der Waals surface area contributed by atoms with Crippen molar-refractivity contribution in [3.8, 4) is 6.07 Å². The molecule has 5 atom stereocenters. The van der Waals surface area contributed by atoms with E-state index >= 15 is 0 Å². The number of likely N-dealkylation sites (tertiary alicyclic amines) is 1. The second kappa shape index (κ2) is 6.72. The Kier molecular flexibility index (Phi) is 4.82. The number of carbonyl (C=O) groups is 2. The highest BCUT2D eigenvalue weighted by atomic mass is 16.5. The summed E-state index contributed by atoms with van der Waals surface area (Å²) in [5, 5.41) is 12.6. The minimum atomic E-state index is -0.250. The van der Waals surface area contributed by atoms with E-state index in [9.17, 15) is 9.59 Å². The molecule has 0 aromatic carbocycles. The van der Waals surface area contributed by atoms with Gasteiger partial charge in [0.25, 0.3) is 0 Å². The smallest absolute Gasteiger partial charge is 0.302 e. The highest BCUT2D eigenvalue weighted by molar-refractivity contribution is 5.79. The lowest BCUT2D eigenvalue weighted by molar-refractivity contribution is -0.146. The maximum absolute atomic E-state index is 12.4. The summed E-state index contributed by atoms with van der Waals surface area (Å²) >= 11 is 0. The minimum absolute atomic E-state index is 0.0337. The second-order valence-electron chi connectivity index (χ2n) is 7.92. The molecule has 0 spiro atoms. The first kappa shape index (κ1) is 17.2. The van der Waals surface area contributed by atoms with Gasteiger partial charge in [0.2, 0.25) is 5.91 Å². The molecule has 0 aromatic heterocycles. The predicted molar refractivity (Wildman–Crippen MR) is 87.8 cm³/mol. The van der Waals surface area contributed by atoms with Gasteiger partial charge in [0.15, 0.2) is 0 Å². The molecule has 132 valence electrons. The Bertz CT molecular complexity index is 542. The molecule has 2 aliphatic carbocycles. The first-order chi connectivity index (χ1) is 11.4. The van der Waals surface area contributed by atoms with Gasteiger partial charge in [-0.3, -0.25) is 9.59 Å². The van der Waals surface area contributed by atoms with Gasteiger partial charge in [-0.05, 0) is 57.3 Å². The van der Waals surface area contributed by atoms with Crippen molar-refractivity contribution in [3.05, 3.63) is 0 Å². The van der Waals surface area contributed by atoms with Crippen molar-refractivity contribution in [2.75, 3.05) is 13.1 Å². The van der Waals surface area contributed by atoms with E-state index in [-0.39, 0.29) is 29.6 Å². The van der Waals surface area contributed by atoms with Gasteiger partial charge in [-0.2, -0.15) is 5.26 Å². The molecule has 6 heteroatoms. The number of hydrogen-bond donors (Lipinski definition) is 1. The van der Waals surface area contributed by atoms with E-state index in [4.69, 9.17) is 10.00 Å². The maximum atomic E-state index is 12.4.